The van der Waals surface area contributed by atoms with Crippen LogP contribution in [-0.4, -0.2) is 10.7 Å². The fourth-order valence-corrected chi connectivity index (χ4v) is 2.82. The van der Waals surface area contributed by atoms with E-state index in [1.54, 1.807) is 0 Å². The molecule has 0 amide bonds. The molecule has 0 spiro atoms. The molecule has 74 valence electrons. The Labute approximate surface area is 93.8 Å². The second-order valence-corrected chi connectivity index (χ2v) is 4.73. The average Bonchev–Trinajstić information content (AvgIpc) is 2.13. The van der Waals surface area contributed by atoms with E-state index in [0.717, 1.165) is 11.8 Å². The molecule has 0 N–H and O–H groups in total. The Balaban J connectivity index is 3.49. The second-order valence-electron chi connectivity index (χ2n) is 3.43. The Morgan fingerprint density at radius 1 is 0.833 bits per heavy atom. The van der Waals surface area contributed by atoms with Crippen LogP contribution in [0.3, 0.4) is 0 Å². The Kier molecular flexibility index (Phi) is 9.24. The zero-order chi connectivity index (χ0) is 9.40. The number of hydrogen-bond acceptors (Lipinski definition) is 0. The number of hydrogen-bond donors (Lipinski definition) is 0. The topological polar surface area (TPSA) is 0 Å². The van der Waals surface area contributed by atoms with Crippen LogP contribution in [0.2, 0.25) is 0 Å². The van der Waals surface area contributed by atoms with Crippen molar-refractivity contribution in [3.05, 3.63) is 0 Å². The standard InChI is InChI=1S/C10H20Br2/c1-3-9(7-11)5-6-10(4-2)8-12/h9-10H,3-8H2,1-2H3. The Morgan fingerprint density at radius 2 is 1.17 bits per heavy atom. The summed E-state index contributed by atoms with van der Waals surface area (Å²) in [6.07, 6.45) is 5.38. The minimum atomic E-state index is 0.887. The van der Waals surface area contributed by atoms with Gasteiger partial charge in [-0.2, -0.15) is 0 Å². The number of alkyl halides is 2. The summed E-state index contributed by atoms with van der Waals surface area (Å²) in [5.41, 5.74) is 0. The van der Waals surface area contributed by atoms with Gasteiger partial charge in [-0.1, -0.05) is 58.5 Å². The van der Waals surface area contributed by atoms with E-state index in [1.165, 1.54) is 36.3 Å². The first kappa shape index (κ1) is 13.0. The molecule has 0 aromatic carbocycles. The molecule has 12 heavy (non-hydrogen) atoms. The first-order valence-corrected chi connectivity index (χ1v) is 7.14. The van der Waals surface area contributed by atoms with Crippen LogP contribution in [0.1, 0.15) is 39.5 Å². The van der Waals surface area contributed by atoms with Gasteiger partial charge in [0.1, 0.15) is 0 Å². The van der Waals surface area contributed by atoms with Crippen LogP contribution < -0.4 is 0 Å². The van der Waals surface area contributed by atoms with Gasteiger partial charge in [0.15, 0.2) is 0 Å². The molecule has 0 radical (unpaired) electrons. The fraction of sp³-hybridized carbons (Fsp3) is 1.00. The molecule has 0 aromatic rings. The normalized spacial score (nSPS) is 16.0. The summed E-state index contributed by atoms with van der Waals surface area (Å²) >= 11 is 7.12. The Hall–Kier alpha value is 0.960. The minimum Gasteiger partial charge on any atom is -0.0925 e. The zero-order valence-corrected chi connectivity index (χ0v) is 11.3. The van der Waals surface area contributed by atoms with E-state index in [9.17, 15) is 0 Å². The number of halogens is 2. The van der Waals surface area contributed by atoms with E-state index in [1.807, 2.05) is 0 Å². The van der Waals surface area contributed by atoms with Gasteiger partial charge in [-0.3, -0.25) is 0 Å². The molecule has 2 atom stereocenters. The maximum absolute atomic E-state index is 3.56. The predicted octanol–water partition coefficient (Wildman–Crippen LogP) is 4.61. The third-order valence-electron chi connectivity index (χ3n) is 2.57. The van der Waals surface area contributed by atoms with Gasteiger partial charge in [0.2, 0.25) is 0 Å². The quantitative estimate of drug-likeness (QED) is 0.602. The summed E-state index contributed by atoms with van der Waals surface area (Å²) in [5, 5.41) is 2.34. The molecule has 0 aliphatic rings. The van der Waals surface area contributed by atoms with Crippen LogP contribution in [0, 0.1) is 11.8 Å². The molecule has 0 rings (SSSR count). The van der Waals surface area contributed by atoms with E-state index in [-0.39, 0.29) is 0 Å². The highest BCUT2D eigenvalue weighted by atomic mass is 79.9. The van der Waals surface area contributed by atoms with Crippen molar-refractivity contribution in [3.63, 3.8) is 0 Å². The summed E-state index contributed by atoms with van der Waals surface area (Å²) in [6, 6.07) is 0. The molecule has 0 heterocycles. The summed E-state index contributed by atoms with van der Waals surface area (Å²) in [7, 11) is 0. The third kappa shape index (κ3) is 5.58. The van der Waals surface area contributed by atoms with Gasteiger partial charge in [-0.25, -0.2) is 0 Å². The molecular formula is C10H20Br2. The maximum Gasteiger partial charge on any atom is 0.00595 e. The van der Waals surface area contributed by atoms with Gasteiger partial charge in [0.05, 0.1) is 0 Å². The lowest BCUT2D eigenvalue weighted by Crippen LogP contribution is -2.06. The average molecular weight is 300 g/mol. The predicted molar refractivity (Wildman–Crippen MR) is 64.4 cm³/mol. The van der Waals surface area contributed by atoms with Crippen molar-refractivity contribution in [2.45, 2.75) is 39.5 Å². The van der Waals surface area contributed by atoms with Crippen LogP contribution in [0.25, 0.3) is 0 Å². The minimum absolute atomic E-state index is 0.887. The molecule has 0 aliphatic heterocycles. The van der Waals surface area contributed by atoms with Crippen molar-refractivity contribution < 1.29 is 0 Å². The van der Waals surface area contributed by atoms with Crippen LogP contribution in [0.4, 0.5) is 0 Å². The van der Waals surface area contributed by atoms with Crippen molar-refractivity contribution in [2.24, 2.45) is 11.8 Å². The third-order valence-corrected chi connectivity index (χ3v) is 4.41. The van der Waals surface area contributed by atoms with Gasteiger partial charge < -0.3 is 0 Å². The molecule has 0 aromatic heterocycles. The summed E-state index contributed by atoms with van der Waals surface area (Å²) < 4.78 is 0. The van der Waals surface area contributed by atoms with Gasteiger partial charge in [0, 0.05) is 10.7 Å². The van der Waals surface area contributed by atoms with Gasteiger partial charge in [-0.15, -0.1) is 0 Å². The molecule has 0 bridgehead atoms. The van der Waals surface area contributed by atoms with E-state index < -0.39 is 0 Å². The highest BCUT2D eigenvalue weighted by molar-refractivity contribution is 9.09. The number of rotatable bonds is 7. The van der Waals surface area contributed by atoms with Crippen molar-refractivity contribution in [1.29, 1.82) is 0 Å². The molecular weight excluding hydrogens is 280 g/mol. The van der Waals surface area contributed by atoms with E-state index in [4.69, 9.17) is 0 Å². The van der Waals surface area contributed by atoms with Crippen molar-refractivity contribution in [3.8, 4) is 0 Å². The van der Waals surface area contributed by atoms with Gasteiger partial charge in [-0.05, 0) is 24.7 Å². The zero-order valence-electron chi connectivity index (χ0n) is 8.15. The SMILES string of the molecule is CCC(CBr)CCC(CC)CBr. The molecule has 0 saturated carbocycles. The largest absolute Gasteiger partial charge is 0.0925 e. The van der Waals surface area contributed by atoms with Gasteiger partial charge >= 0.3 is 0 Å². The van der Waals surface area contributed by atoms with E-state index in [2.05, 4.69) is 45.7 Å². The summed E-state index contributed by atoms with van der Waals surface area (Å²) in [5.74, 6) is 1.77. The smallest absolute Gasteiger partial charge is 0.00595 e. The monoisotopic (exact) mass is 298 g/mol. The first-order valence-electron chi connectivity index (χ1n) is 4.90. The molecule has 2 unspecified atom stereocenters. The highest BCUT2D eigenvalue weighted by Gasteiger charge is 2.08. The van der Waals surface area contributed by atoms with Gasteiger partial charge in [0.25, 0.3) is 0 Å². The van der Waals surface area contributed by atoms with Crippen LogP contribution in [-0.2, 0) is 0 Å². The highest BCUT2D eigenvalue weighted by Crippen LogP contribution is 2.20. The molecule has 2 heteroatoms. The van der Waals surface area contributed by atoms with Crippen molar-refractivity contribution >= 4 is 31.9 Å². The van der Waals surface area contributed by atoms with E-state index >= 15 is 0 Å². The lowest BCUT2D eigenvalue weighted by atomic mass is 9.95. The van der Waals surface area contributed by atoms with Crippen LogP contribution in [0.5, 0.6) is 0 Å². The molecule has 0 fully saturated rings. The fourth-order valence-electron chi connectivity index (χ4n) is 1.25. The molecule has 0 aliphatic carbocycles. The summed E-state index contributed by atoms with van der Waals surface area (Å²) in [6.45, 7) is 4.56. The van der Waals surface area contributed by atoms with Crippen molar-refractivity contribution in [1.82, 2.24) is 0 Å². The lowest BCUT2D eigenvalue weighted by Gasteiger charge is -2.15. The van der Waals surface area contributed by atoms with Crippen LogP contribution >= 0.6 is 31.9 Å². The molecule has 0 saturated heterocycles. The Morgan fingerprint density at radius 3 is 1.33 bits per heavy atom. The Bertz CT molecular complexity index is 73.8. The van der Waals surface area contributed by atoms with Crippen molar-refractivity contribution in [2.75, 3.05) is 10.7 Å². The maximum atomic E-state index is 3.56. The summed E-state index contributed by atoms with van der Waals surface area (Å²) in [4.78, 5) is 0. The second kappa shape index (κ2) is 8.55. The lowest BCUT2D eigenvalue weighted by molar-refractivity contribution is 0.427. The van der Waals surface area contributed by atoms with E-state index in [0.29, 0.717) is 0 Å². The first-order chi connectivity index (χ1) is 5.78. The molecule has 0 nitrogen and oxygen atoms in total. The van der Waals surface area contributed by atoms with Crippen LogP contribution in [0.15, 0.2) is 0 Å².